The normalized spacial score (nSPS) is 20.4. The number of hydrogen-bond donors (Lipinski definition) is 2. The molecule has 1 saturated heterocycles. The summed E-state index contributed by atoms with van der Waals surface area (Å²) in [6.07, 6.45) is -7.72. The third kappa shape index (κ3) is 6.66. The number of carbonyl (C=O) groups is 1. The average molecular weight is 579 g/mol. The van der Waals surface area contributed by atoms with Crippen LogP contribution in [-0.2, 0) is 33.2 Å². The maximum absolute atomic E-state index is 13.2. The number of aromatic nitrogens is 3. The van der Waals surface area contributed by atoms with E-state index in [0.717, 1.165) is 18.5 Å². The van der Waals surface area contributed by atoms with Crippen molar-refractivity contribution < 1.29 is 40.6 Å². The van der Waals surface area contributed by atoms with Crippen LogP contribution in [0, 0.1) is 0 Å². The SMILES string of the molecule is C[C@@H](COCCC(=O)N1C[C@@H]2COCc3cc(C(F)(F)F)cnc3N2C[C@@H]1C)Nc1cn[nH]c(=O)c1C(F)(F)F. The summed E-state index contributed by atoms with van der Waals surface area (Å²) in [4.78, 5) is 32.2. The van der Waals surface area contributed by atoms with E-state index in [1.165, 1.54) is 0 Å². The fourth-order valence-electron chi connectivity index (χ4n) is 4.77. The second kappa shape index (κ2) is 11.6. The van der Waals surface area contributed by atoms with Gasteiger partial charge in [-0.1, -0.05) is 0 Å². The Morgan fingerprint density at radius 2 is 1.98 bits per heavy atom. The van der Waals surface area contributed by atoms with Crippen molar-refractivity contribution in [3.63, 3.8) is 0 Å². The molecule has 0 unspecified atom stereocenters. The summed E-state index contributed by atoms with van der Waals surface area (Å²) >= 11 is 0. The average Bonchev–Trinajstić information content (AvgIpc) is 3.03. The first-order valence-electron chi connectivity index (χ1n) is 12.4. The molecule has 1 amide bonds. The lowest BCUT2D eigenvalue weighted by Gasteiger charge is -2.45. The van der Waals surface area contributed by atoms with Crippen LogP contribution in [-0.4, -0.2) is 77.0 Å². The van der Waals surface area contributed by atoms with Gasteiger partial charge in [0.1, 0.15) is 11.4 Å². The quantitative estimate of drug-likeness (QED) is 0.381. The number of amides is 1. The zero-order valence-corrected chi connectivity index (χ0v) is 21.6. The second-order valence-corrected chi connectivity index (χ2v) is 9.78. The lowest BCUT2D eigenvalue weighted by atomic mass is 10.1. The third-order valence-corrected chi connectivity index (χ3v) is 6.64. The van der Waals surface area contributed by atoms with Gasteiger partial charge in [0.05, 0.1) is 56.3 Å². The summed E-state index contributed by atoms with van der Waals surface area (Å²) in [5.41, 5.74) is -3.76. The number of aromatic amines is 1. The number of alkyl halides is 6. The van der Waals surface area contributed by atoms with E-state index in [1.807, 2.05) is 11.8 Å². The Hall–Kier alpha value is -3.40. The molecule has 16 heteroatoms. The highest BCUT2D eigenvalue weighted by atomic mass is 19.4. The molecule has 2 aromatic heterocycles. The summed E-state index contributed by atoms with van der Waals surface area (Å²) < 4.78 is 90.1. The molecular formula is C24H28F6N6O4. The van der Waals surface area contributed by atoms with Crippen LogP contribution in [0.5, 0.6) is 0 Å². The molecule has 4 heterocycles. The molecule has 2 aromatic rings. The van der Waals surface area contributed by atoms with Gasteiger partial charge in [-0.05, 0) is 19.9 Å². The van der Waals surface area contributed by atoms with Crippen molar-refractivity contribution in [1.82, 2.24) is 20.1 Å². The number of nitrogens with one attached hydrogen (secondary N) is 2. The first-order chi connectivity index (χ1) is 18.8. The largest absolute Gasteiger partial charge is 0.423 e. The number of fused-ring (bicyclic) bond motifs is 3. The Morgan fingerprint density at radius 1 is 1.23 bits per heavy atom. The van der Waals surface area contributed by atoms with Crippen molar-refractivity contribution >= 4 is 17.4 Å². The third-order valence-electron chi connectivity index (χ3n) is 6.64. The summed E-state index contributed by atoms with van der Waals surface area (Å²) in [5, 5.41) is 7.72. The molecule has 10 nitrogen and oxygen atoms in total. The van der Waals surface area contributed by atoms with Gasteiger partial charge in [-0.15, -0.1) is 0 Å². The van der Waals surface area contributed by atoms with Gasteiger partial charge in [0.25, 0.3) is 5.56 Å². The summed E-state index contributed by atoms with van der Waals surface area (Å²) in [7, 11) is 0. The maximum Gasteiger partial charge on any atom is 0.423 e. The minimum Gasteiger partial charge on any atom is -0.379 e. The molecule has 2 aliphatic heterocycles. The van der Waals surface area contributed by atoms with Crippen LogP contribution >= 0.6 is 0 Å². The molecule has 2 aliphatic rings. The topological polar surface area (TPSA) is 113 Å². The Labute approximate surface area is 224 Å². The fourth-order valence-corrected chi connectivity index (χ4v) is 4.77. The second-order valence-electron chi connectivity index (χ2n) is 9.78. The molecule has 4 rings (SSSR count). The highest BCUT2D eigenvalue weighted by Gasteiger charge is 2.39. The van der Waals surface area contributed by atoms with Crippen molar-refractivity contribution in [3.8, 4) is 0 Å². The van der Waals surface area contributed by atoms with E-state index >= 15 is 0 Å². The van der Waals surface area contributed by atoms with E-state index in [1.54, 1.807) is 16.9 Å². The maximum atomic E-state index is 13.2. The smallest absolute Gasteiger partial charge is 0.379 e. The van der Waals surface area contributed by atoms with Gasteiger partial charge in [-0.3, -0.25) is 9.59 Å². The fraction of sp³-hybridized carbons (Fsp3) is 0.583. The molecule has 220 valence electrons. The van der Waals surface area contributed by atoms with Gasteiger partial charge in [0.2, 0.25) is 5.91 Å². The van der Waals surface area contributed by atoms with Gasteiger partial charge >= 0.3 is 12.4 Å². The number of piperazine rings is 1. The number of halogens is 6. The van der Waals surface area contributed by atoms with Crippen LogP contribution in [0.15, 0.2) is 23.3 Å². The van der Waals surface area contributed by atoms with Crippen molar-refractivity contribution in [1.29, 1.82) is 0 Å². The Bertz CT molecular complexity index is 1270. The lowest BCUT2D eigenvalue weighted by Crippen LogP contribution is -2.60. The number of nitrogens with zero attached hydrogens (tertiary/aromatic N) is 4. The summed E-state index contributed by atoms with van der Waals surface area (Å²) in [6.45, 7) is 4.13. The highest BCUT2D eigenvalue weighted by Crippen LogP contribution is 2.35. The molecular weight excluding hydrogens is 550 g/mol. The van der Waals surface area contributed by atoms with Crippen LogP contribution in [0.1, 0.15) is 37.0 Å². The summed E-state index contributed by atoms with van der Waals surface area (Å²) in [5.74, 6) is 0.194. The first kappa shape index (κ1) is 29.6. The van der Waals surface area contributed by atoms with E-state index in [4.69, 9.17) is 9.47 Å². The predicted molar refractivity (Wildman–Crippen MR) is 130 cm³/mol. The van der Waals surface area contributed by atoms with E-state index in [9.17, 15) is 35.9 Å². The molecule has 0 saturated carbocycles. The van der Waals surface area contributed by atoms with Crippen LogP contribution in [0.2, 0.25) is 0 Å². The molecule has 0 aromatic carbocycles. The van der Waals surface area contributed by atoms with E-state index in [-0.39, 0.29) is 57.4 Å². The highest BCUT2D eigenvalue weighted by molar-refractivity contribution is 5.77. The molecule has 0 radical (unpaired) electrons. The van der Waals surface area contributed by atoms with Crippen LogP contribution in [0.4, 0.5) is 37.8 Å². The number of H-pyrrole nitrogens is 1. The van der Waals surface area contributed by atoms with Crippen molar-refractivity contribution in [2.45, 2.75) is 57.4 Å². The summed E-state index contributed by atoms with van der Waals surface area (Å²) in [6, 6.07) is -0.169. The number of rotatable bonds is 7. The monoisotopic (exact) mass is 578 g/mol. The van der Waals surface area contributed by atoms with E-state index in [2.05, 4.69) is 15.4 Å². The van der Waals surface area contributed by atoms with Crippen LogP contribution in [0.3, 0.4) is 0 Å². The minimum absolute atomic E-state index is 0.00329. The van der Waals surface area contributed by atoms with Gasteiger partial charge in [-0.2, -0.15) is 31.4 Å². The molecule has 1 fully saturated rings. The molecule has 3 atom stereocenters. The number of pyridine rings is 1. The molecule has 0 aliphatic carbocycles. The standard InChI is InChI=1S/C24H28F6N6O4/c1-13(33-18-7-32-34-22(38)20(18)24(28,29)30)10-39-4-3-19(37)35-9-17-12-40-11-15-5-16(23(25,26)27)6-31-21(15)36(17)8-14(35)2/h5-7,13-14,17H,3-4,8-12H2,1-2H3,(H2,33,34,38)/t13-,14-,17+/m0/s1. The Kier molecular flexibility index (Phi) is 8.58. The predicted octanol–water partition coefficient (Wildman–Crippen LogP) is 3.05. The number of ether oxygens (including phenoxy) is 2. The number of anilines is 2. The van der Waals surface area contributed by atoms with Crippen molar-refractivity contribution in [3.05, 3.63) is 45.5 Å². The minimum atomic E-state index is -4.88. The molecule has 40 heavy (non-hydrogen) atoms. The van der Waals surface area contributed by atoms with Crippen LogP contribution < -0.4 is 15.8 Å². The van der Waals surface area contributed by atoms with Gasteiger partial charge in [0.15, 0.2) is 0 Å². The van der Waals surface area contributed by atoms with Crippen LogP contribution in [0.25, 0.3) is 0 Å². The van der Waals surface area contributed by atoms with Gasteiger partial charge < -0.3 is 24.6 Å². The van der Waals surface area contributed by atoms with Gasteiger partial charge in [-0.25, -0.2) is 10.1 Å². The van der Waals surface area contributed by atoms with Crippen molar-refractivity contribution in [2.24, 2.45) is 0 Å². The zero-order chi connectivity index (χ0) is 29.2. The van der Waals surface area contributed by atoms with Crippen molar-refractivity contribution in [2.75, 3.05) is 43.1 Å². The van der Waals surface area contributed by atoms with E-state index in [0.29, 0.717) is 17.9 Å². The van der Waals surface area contributed by atoms with E-state index < -0.39 is 40.8 Å². The zero-order valence-electron chi connectivity index (χ0n) is 21.6. The van der Waals surface area contributed by atoms with Gasteiger partial charge in [0, 0.05) is 36.9 Å². The number of hydrogen-bond acceptors (Lipinski definition) is 8. The molecule has 0 spiro atoms. The molecule has 0 bridgehead atoms. The Balaban J connectivity index is 1.30. The number of carbonyl (C=O) groups excluding carboxylic acids is 1. The Morgan fingerprint density at radius 3 is 2.67 bits per heavy atom. The first-order valence-corrected chi connectivity index (χ1v) is 12.4. The molecule has 2 N–H and O–H groups in total. The lowest BCUT2D eigenvalue weighted by molar-refractivity contribution is -0.138.